The van der Waals surface area contributed by atoms with Gasteiger partial charge >= 0.3 is 0 Å². The molecule has 0 aromatic rings. The molecule has 0 fully saturated rings. The SMILES string of the molecule is CCC(C)(CN)C(=O)N(C)C(C)CO. The van der Waals surface area contributed by atoms with Crippen LogP contribution in [-0.4, -0.2) is 42.2 Å². The topological polar surface area (TPSA) is 66.6 Å². The van der Waals surface area contributed by atoms with E-state index in [4.69, 9.17) is 10.8 Å². The molecule has 0 aromatic carbocycles. The normalized spacial score (nSPS) is 17.3. The third kappa shape index (κ3) is 2.69. The van der Waals surface area contributed by atoms with Crippen LogP contribution in [0.15, 0.2) is 0 Å². The second kappa shape index (κ2) is 5.32. The Morgan fingerprint density at radius 1 is 1.64 bits per heavy atom. The molecule has 0 saturated carbocycles. The van der Waals surface area contributed by atoms with Crippen LogP contribution in [0.1, 0.15) is 27.2 Å². The molecule has 0 aromatic heterocycles. The summed E-state index contributed by atoms with van der Waals surface area (Å²) in [6.45, 7) is 5.93. The van der Waals surface area contributed by atoms with Gasteiger partial charge in [-0.05, 0) is 20.3 Å². The van der Waals surface area contributed by atoms with Gasteiger partial charge in [-0.25, -0.2) is 0 Å². The Kier molecular flexibility index (Phi) is 5.08. The summed E-state index contributed by atoms with van der Waals surface area (Å²) in [5, 5.41) is 8.94. The highest BCUT2D eigenvalue weighted by Crippen LogP contribution is 2.22. The quantitative estimate of drug-likeness (QED) is 0.669. The Morgan fingerprint density at radius 2 is 2.14 bits per heavy atom. The van der Waals surface area contributed by atoms with E-state index in [0.29, 0.717) is 13.0 Å². The van der Waals surface area contributed by atoms with Gasteiger partial charge in [0.15, 0.2) is 0 Å². The fourth-order valence-corrected chi connectivity index (χ4v) is 1.13. The van der Waals surface area contributed by atoms with Gasteiger partial charge in [-0.15, -0.1) is 0 Å². The third-order valence-electron chi connectivity index (χ3n) is 2.99. The number of nitrogens with two attached hydrogens (primary N) is 1. The van der Waals surface area contributed by atoms with Crippen LogP contribution in [0.4, 0.5) is 0 Å². The first kappa shape index (κ1) is 13.4. The van der Waals surface area contributed by atoms with Crippen molar-refractivity contribution >= 4 is 5.91 Å². The van der Waals surface area contributed by atoms with Gasteiger partial charge in [-0.1, -0.05) is 6.92 Å². The molecule has 2 atom stereocenters. The molecule has 4 nitrogen and oxygen atoms in total. The Bertz CT molecular complexity index is 191. The summed E-state index contributed by atoms with van der Waals surface area (Å²) >= 11 is 0. The maximum Gasteiger partial charge on any atom is 0.229 e. The van der Waals surface area contributed by atoms with Crippen molar-refractivity contribution in [3.8, 4) is 0 Å². The van der Waals surface area contributed by atoms with E-state index in [0.717, 1.165) is 0 Å². The molecule has 0 aliphatic heterocycles. The number of nitrogens with zero attached hydrogens (tertiary/aromatic N) is 1. The minimum absolute atomic E-state index is 0.00375. The molecule has 1 amide bonds. The zero-order chi connectivity index (χ0) is 11.4. The lowest BCUT2D eigenvalue weighted by atomic mass is 9.86. The number of carbonyl (C=O) groups excluding carboxylic acids is 1. The molecule has 2 unspecified atom stereocenters. The fourth-order valence-electron chi connectivity index (χ4n) is 1.13. The first-order valence-electron chi connectivity index (χ1n) is 5.01. The van der Waals surface area contributed by atoms with Crippen molar-refractivity contribution < 1.29 is 9.90 Å². The number of aliphatic hydroxyl groups is 1. The van der Waals surface area contributed by atoms with Crippen molar-refractivity contribution in [1.82, 2.24) is 4.90 Å². The van der Waals surface area contributed by atoms with Crippen molar-refractivity contribution in [2.45, 2.75) is 33.2 Å². The lowest BCUT2D eigenvalue weighted by Crippen LogP contribution is -2.48. The summed E-state index contributed by atoms with van der Waals surface area (Å²) in [6.07, 6.45) is 0.713. The van der Waals surface area contributed by atoms with Crippen LogP contribution in [0.5, 0.6) is 0 Å². The van der Waals surface area contributed by atoms with Crippen molar-refractivity contribution in [3.63, 3.8) is 0 Å². The number of likely N-dealkylation sites (N-methyl/N-ethyl adjacent to an activating group) is 1. The molecule has 0 spiro atoms. The van der Waals surface area contributed by atoms with E-state index < -0.39 is 5.41 Å². The average molecular weight is 202 g/mol. The Labute approximate surface area is 86.1 Å². The Morgan fingerprint density at radius 3 is 2.43 bits per heavy atom. The molecule has 0 rings (SSSR count). The summed E-state index contributed by atoms with van der Waals surface area (Å²) in [6, 6.07) is -0.153. The number of amides is 1. The van der Waals surface area contributed by atoms with Gasteiger partial charge in [-0.2, -0.15) is 0 Å². The molecule has 0 bridgehead atoms. The molecule has 0 radical (unpaired) electrons. The van der Waals surface area contributed by atoms with Gasteiger partial charge in [-0.3, -0.25) is 4.79 Å². The molecule has 0 aliphatic carbocycles. The Hall–Kier alpha value is -0.610. The highest BCUT2D eigenvalue weighted by molar-refractivity contribution is 5.82. The first-order chi connectivity index (χ1) is 6.42. The predicted octanol–water partition coefficient (Wildman–Crippen LogP) is 0.201. The van der Waals surface area contributed by atoms with E-state index in [-0.39, 0.29) is 18.6 Å². The van der Waals surface area contributed by atoms with Gasteiger partial charge in [0.05, 0.1) is 18.1 Å². The number of carbonyl (C=O) groups is 1. The number of hydrogen-bond donors (Lipinski definition) is 2. The van der Waals surface area contributed by atoms with Crippen LogP contribution < -0.4 is 5.73 Å². The van der Waals surface area contributed by atoms with Crippen molar-refractivity contribution in [2.24, 2.45) is 11.1 Å². The predicted molar refractivity (Wildman–Crippen MR) is 56.8 cm³/mol. The molecular weight excluding hydrogens is 180 g/mol. The molecule has 0 saturated heterocycles. The molecule has 84 valence electrons. The summed E-state index contributed by atoms with van der Waals surface area (Å²) in [4.78, 5) is 13.5. The molecule has 0 heterocycles. The minimum atomic E-state index is -0.502. The minimum Gasteiger partial charge on any atom is -0.394 e. The van der Waals surface area contributed by atoms with Crippen molar-refractivity contribution in [3.05, 3.63) is 0 Å². The van der Waals surface area contributed by atoms with Gasteiger partial charge in [0.25, 0.3) is 0 Å². The first-order valence-corrected chi connectivity index (χ1v) is 5.01. The summed E-state index contributed by atoms with van der Waals surface area (Å²) in [5.74, 6) is 0.00375. The molecule has 4 heteroatoms. The van der Waals surface area contributed by atoms with Gasteiger partial charge in [0, 0.05) is 13.6 Å². The maximum absolute atomic E-state index is 12.0. The molecule has 0 aliphatic rings. The van der Waals surface area contributed by atoms with Crippen LogP contribution in [0, 0.1) is 5.41 Å². The van der Waals surface area contributed by atoms with Crippen LogP contribution in [0.3, 0.4) is 0 Å². The lowest BCUT2D eigenvalue weighted by molar-refractivity contribution is -0.142. The van der Waals surface area contributed by atoms with E-state index in [1.807, 2.05) is 20.8 Å². The van der Waals surface area contributed by atoms with Gasteiger partial charge < -0.3 is 15.7 Å². The maximum atomic E-state index is 12.0. The lowest BCUT2D eigenvalue weighted by Gasteiger charge is -2.33. The largest absolute Gasteiger partial charge is 0.394 e. The fraction of sp³-hybridized carbons (Fsp3) is 0.900. The standard InChI is InChI=1S/C10H22N2O2/c1-5-10(3,7-11)9(14)12(4)8(2)6-13/h8,13H,5-7,11H2,1-4H3. The second-order valence-corrected chi connectivity index (χ2v) is 4.07. The van der Waals surface area contributed by atoms with Gasteiger partial charge in [0.1, 0.15) is 0 Å². The number of hydrogen-bond acceptors (Lipinski definition) is 3. The molecule has 3 N–H and O–H groups in total. The summed E-state index contributed by atoms with van der Waals surface area (Å²) < 4.78 is 0. The number of rotatable bonds is 5. The smallest absolute Gasteiger partial charge is 0.229 e. The summed E-state index contributed by atoms with van der Waals surface area (Å²) in [5.41, 5.74) is 5.09. The van der Waals surface area contributed by atoms with Crippen LogP contribution >= 0.6 is 0 Å². The van der Waals surface area contributed by atoms with E-state index in [1.165, 1.54) is 0 Å². The van der Waals surface area contributed by atoms with E-state index in [2.05, 4.69) is 0 Å². The molecule has 14 heavy (non-hydrogen) atoms. The van der Waals surface area contributed by atoms with E-state index >= 15 is 0 Å². The monoisotopic (exact) mass is 202 g/mol. The third-order valence-corrected chi connectivity index (χ3v) is 2.99. The van der Waals surface area contributed by atoms with Gasteiger partial charge in [0.2, 0.25) is 5.91 Å². The molecular formula is C10H22N2O2. The van der Waals surface area contributed by atoms with Crippen LogP contribution in [0.2, 0.25) is 0 Å². The van der Waals surface area contributed by atoms with Crippen LogP contribution in [0.25, 0.3) is 0 Å². The van der Waals surface area contributed by atoms with E-state index in [9.17, 15) is 4.79 Å². The highest BCUT2D eigenvalue weighted by atomic mass is 16.3. The Balaban J connectivity index is 4.59. The zero-order valence-corrected chi connectivity index (χ0v) is 9.58. The van der Waals surface area contributed by atoms with E-state index in [1.54, 1.807) is 11.9 Å². The second-order valence-electron chi connectivity index (χ2n) is 4.07. The van der Waals surface area contributed by atoms with Crippen LogP contribution in [-0.2, 0) is 4.79 Å². The zero-order valence-electron chi connectivity index (χ0n) is 9.58. The van der Waals surface area contributed by atoms with Crippen molar-refractivity contribution in [1.29, 1.82) is 0 Å². The average Bonchev–Trinajstić information content (AvgIpc) is 2.24. The summed E-state index contributed by atoms with van der Waals surface area (Å²) in [7, 11) is 1.70. The number of aliphatic hydroxyl groups excluding tert-OH is 1. The van der Waals surface area contributed by atoms with Crippen molar-refractivity contribution in [2.75, 3.05) is 20.2 Å². The highest BCUT2D eigenvalue weighted by Gasteiger charge is 2.33.